The molecule has 58 heavy (non-hydrogen) atoms. The van der Waals surface area contributed by atoms with Crippen LogP contribution in [0.2, 0.25) is 0 Å². The first-order chi connectivity index (χ1) is 27.0. The number of aryl methyl sites for hydroxylation is 3. The van der Waals surface area contributed by atoms with E-state index in [0.717, 1.165) is 29.8 Å². The zero-order chi connectivity index (χ0) is 42.4. The Kier molecular flexibility index (Phi) is 11.1. The number of rotatable bonds is 11. The highest BCUT2D eigenvalue weighted by Gasteiger charge is 2.27. The standard InChI is InChI=1S/C37H30N4O13S4/c1-21-8-14-26(15-9-21)58(52,53)54-25-12-10-24(11-13-25)38-39-31-18-35(56(46,47)48)29(16-22(31)2)30-17-23(3)32(19-36(30)57(49,50)51)40-41-33-20-34(55(43,44)45)27-6-4-5-7-28(27)37(33)42/h4-20,42H,1-3H3,(H,43,44,45)(H,46,47,48)(H,49,50,51). The summed E-state index contributed by atoms with van der Waals surface area (Å²) in [5.41, 5.74) is -0.0343. The maximum atomic E-state index is 12.7. The molecule has 0 aromatic heterocycles. The smallest absolute Gasteiger partial charge is 0.339 e. The van der Waals surface area contributed by atoms with Crippen LogP contribution < -0.4 is 4.18 Å². The molecule has 0 bridgehead atoms. The van der Waals surface area contributed by atoms with E-state index >= 15 is 0 Å². The van der Waals surface area contributed by atoms with Crippen molar-refractivity contribution in [3.8, 4) is 22.6 Å². The largest absolute Gasteiger partial charge is 0.505 e. The van der Waals surface area contributed by atoms with Crippen molar-refractivity contribution >= 4 is 74.0 Å². The van der Waals surface area contributed by atoms with Crippen LogP contribution in [0.5, 0.6) is 11.5 Å². The molecule has 0 unspecified atom stereocenters. The van der Waals surface area contributed by atoms with E-state index in [2.05, 4.69) is 20.5 Å². The third kappa shape index (κ3) is 8.95. The number of nitrogens with zero attached hydrogens (tertiary/aromatic N) is 4. The van der Waals surface area contributed by atoms with E-state index in [1.165, 1.54) is 80.6 Å². The third-order valence-corrected chi connectivity index (χ3v) is 12.5. The van der Waals surface area contributed by atoms with Gasteiger partial charge in [0.2, 0.25) is 0 Å². The van der Waals surface area contributed by atoms with Gasteiger partial charge in [-0.3, -0.25) is 13.7 Å². The van der Waals surface area contributed by atoms with Crippen molar-refractivity contribution in [3.63, 3.8) is 0 Å². The number of hydrogen-bond acceptors (Lipinski definition) is 14. The van der Waals surface area contributed by atoms with Crippen LogP contribution in [-0.2, 0) is 40.5 Å². The summed E-state index contributed by atoms with van der Waals surface area (Å²) >= 11 is 0. The highest BCUT2D eigenvalue weighted by molar-refractivity contribution is 7.87. The number of hydrogen-bond donors (Lipinski definition) is 4. The summed E-state index contributed by atoms with van der Waals surface area (Å²) in [7, 11) is -19.2. The summed E-state index contributed by atoms with van der Waals surface area (Å²) < 4.78 is 136. The van der Waals surface area contributed by atoms with Crippen LogP contribution in [0.4, 0.5) is 22.7 Å². The van der Waals surface area contributed by atoms with Crippen molar-refractivity contribution in [1.82, 2.24) is 0 Å². The minimum Gasteiger partial charge on any atom is -0.505 e. The van der Waals surface area contributed by atoms with Gasteiger partial charge in [0.05, 0.1) is 17.1 Å². The van der Waals surface area contributed by atoms with Crippen molar-refractivity contribution in [2.45, 2.75) is 40.4 Å². The molecule has 4 N–H and O–H groups in total. The van der Waals surface area contributed by atoms with Gasteiger partial charge in [0.25, 0.3) is 30.4 Å². The minimum atomic E-state index is -5.16. The molecular weight excluding hydrogens is 837 g/mol. The Morgan fingerprint density at radius 3 is 1.45 bits per heavy atom. The highest BCUT2D eigenvalue weighted by Crippen LogP contribution is 2.42. The number of benzene rings is 6. The van der Waals surface area contributed by atoms with Crippen molar-refractivity contribution in [1.29, 1.82) is 0 Å². The predicted octanol–water partition coefficient (Wildman–Crippen LogP) is 8.48. The second-order valence-electron chi connectivity index (χ2n) is 12.7. The Hall–Kier alpha value is -5.94. The number of fused-ring (bicyclic) bond motifs is 1. The van der Waals surface area contributed by atoms with Crippen molar-refractivity contribution < 1.29 is 56.6 Å². The molecule has 0 heterocycles. The van der Waals surface area contributed by atoms with Crippen molar-refractivity contribution in [2.75, 3.05) is 0 Å². The third-order valence-electron chi connectivity index (χ3n) is 8.57. The average molecular weight is 867 g/mol. The van der Waals surface area contributed by atoms with Crippen LogP contribution in [0.1, 0.15) is 16.7 Å². The highest BCUT2D eigenvalue weighted by atomic mass is 32.2. The number of phenolic OH excluding ortho intramolecular Hbond substituents is 1. The first kappa shape index (κ1) is 41.7. The molecule has 21 heteroatoms. The lowest BCUT2D eigenvalue weighted by atomic mass is 9.99. The van der Waals surface area contributed by atoms with Crippen LogP contribution >= 0.6 is 0 Å². The van der Waals surface area contributed by atoms with E-state index in [0.29, 0.717) is 0 Å². The SMILES string of the molecule is Cc1ccc(S(=O)(=O)Oc2ccc(N=Nc3cc(S(=O)(=O)O)c(-c4cc(C)c(N=Nc5cc(S(=O)(=O)O)c6ccccc6c5O)cc4S(=O)(=O)O)cc3C)cc2)cc1. The molecule has 0 atom stereocenters. The van der Waals surface area contributed by atoms with E-state index in [1.807, 2.05) is 0 Å². The molecule has 0 spiro atoms. The lowest BCUT2D eigenvalue weighted by Gasteiger charge is -2.15. The maximum absolute atomic E-state index is 12.7. The number of azo groups is 2. The fraction of sp³-hybridized carbons (Fsp3) is 0.0811. The molecule has 0 saturated heterocycles. The summed E-state index contributed by atoms with van der Waals surface area (Å²) in [6.07, 6.45) is 0. The lowest BCUT2D eigenvalue weighted by Crippen LogP contribution is -2.09. The molecule has 6 aromatic carbocycles. The molecule has 0 amide bonds. The Balaban J connectivity index is 1.36. The summed E-state index contributed by atoms with van der Waals surface area (Å²) in [6.45, 7) is 4.71. The van der Waals surface area contributed by atoms with Crippen molar-refractivity contribution in [3.05, 3.63) is 120 Å². The van der Waals surface area contributed by atoms with E-state index in [-0.39, 0.29) is 60.7 Å². The maximum Gasteiger partial charge on any atom is 0.339 e. The van der Waals surface area contributed by atoms with Gasteiger partial charge in [-0.1, -0.05) is 42.0 Å². The molecule has 17 nitrogen and oxygen atoms in total. The van der Waals surface area contributed by atoms with E-state index < -0.39 is 66.6 Å². The molecule has 0 saturated carbocycles. The Bertz CT molecular complexity index is 3150. The first-order valence-corrected chi connectivity index (χ1v) is 22.2. The van der Waals surface area contributed by atoms with E-state index in [1.54, 1.807) is 19.1 Å². The molecule has 0 aliphatic rings. The van der Waals surface area contributed by atoms with Crippen LogP contribution in [0.25, 0.3) is 21.9 Å². The predicted molar refractivity (Wildman–Crippen MR) is 210 cm³/mol. The molecule has 0 radical (unpaired) electrons. The summed E-state index contributed by atoms with van der Waals surface area (Å²) in [6, 6.07) is 22.1. The topological polar surface area (TPSA) is 276 Å². The number of aromatic hydroxyl groups is 1. The summed E-state index contributed by atoms with van der Waals surface area (Å²) in [5, 5.41) is 26.8. The average Bonchev–Trinajstić information content (AvgIpc) is 3.13. The zero-order valence-corrected chi connectivity index (χ0v) is 33.5. The molecule has 6 rings (SSSR count). The molecule has 0 aliphatic carbocycles. The van der Waals surface area contributed by atoms with Gasteiger partial charge in [-0.15, -0.1) is 5.11 Å². The van der Waals surface area contributed by atoms with Crippen molar-refractivity contribution in [2.24, 2.45) is 20.5 Å². The molecule has 300 valence electrons. The lowest BCUT2D eigenvalue weighted by molar-refractivity contribution is 0.478. The molecule has 0 aliphatic heterocycles. The molecule has 6 aromatic rings. The summed E-state index contributed by atoms with van der Waals surface area (Å²) in [5.74, 6) is -0.541. The minimum absolute atomic E-state index is 0.00284. The van der Waals surface area contributed by atoms with E-state index in [4.69, 9.17) is 4.18 Å². The zero-order valence-electron chi connectivity index (χ0n) is 30.2. The Morgan fingerprint density at radius 1 is 0.500 bits per heavy atom. The molecule has 0 fully saturated rings. The Labute approximate surface area is 332 Å². The number of phenols is 1. The van der Waals surface area contributed by atoms with Gasteiger partial charge in [0.1, 0.15) is 31.0 Å². The van der Waals surface area contributed by atoms with Gasteiger partial charge in [0.15, 0.2) is 5.75 Å². The van der Waals surface area contributed by atoms with Crippen LogP contribution in [0.15, 0.2) is 143 Å². The van der Waals surface area contributed by atoms with Crippen LogP contribution in [0, 0.1) is 20.8 Å². The Morgan fingerprint density at radius 2 is 0.948 bits per heavy atom. The van der Waals surface area contributed by atoms with Gasteiger partial charge in [-0.25, -0.2) is 0 Å². The van der Waals surface area contributed by atoms with Gasteiger partial charge in [0, 0.05) is 21.9 Å². The quantitative estimate of drug-likeness (QED) is 0.0541. The fourth-order valence-corrected chi connectivity index (χ4v) is 8.75. The first-order valence-electron chi connectivity index (χ1n) is 16.4. The summed E-state index contributed by atoms with van der Waals surface area (Å²) in [4.78, 5) is -2.31. The van der Waals surface area contributed by atoms with Gasteiger partial charge in [-0.05, 0) is 98.6 Å². The monoisotopic (exact) mass is 866 g/mol. The van der Waals surface area contributed by atoms with Crippen LogP contribution in [-0.4, -0.2) is 52.4 Å². The second-order valence-corrected chi connectivity index (χ2v) is 18.4. The molecular formula is C37H30N4O13S4. The fourth-order valence-electron chi connectivity index (χ4n) is 5.69. The normalized spacial score (nSPS) is 12.8. The van der Waals surface area contributed by atoms with Crippen LogP contribution in [0.3, 0.4) is 0 Å². The second kappa shape index (κ2) is 15.4. The van der Waals surface area contributed by atoms with Gasteiger partial charge < -0.3 is 9.29 Å². The van der Waals surface area contributed by atoms with Gasteiger partial charge in [-0.2, -0.15) is 49.0 Å². The van der Waals surface area contributed by atoms with Gasteiger partial charge >= 0.3 is 10.1 Å². The van der Waals surface area contributed by atoms with E-state index in [9.17, 15) is 52.4 Å².